The Morgan fingerprint density at radius 2 is 1.88 bits per heavy atom. The van der Waals surface area contributed by atoms with Crippen LogP contribution in [0, 0.1) is 5.92 Å². The summed E-state index contributed by atoms with van der Waals surface area (Å²) in [5.41, 5.74) is 0.794. The Hall–Kier alpha value is -1.73. The van der Waals surface area contributed by atoms with E-state index in [1.807, 2.05) is 12.1 Å². The van der Waals surface area contributed by atoms with E-state index >= 15 is 0 Å². The van der Waals surface area contributed by atoms with E-state index in [0.717, 1.165) is 18.8 Å². The molecule has 0 bridgehead atoms. The number of ether oxygens (including phenoxy) is 3. The maximum Gasteiger partial charge on any atom is 0.203 e. The molecule has 0 aromatic heterocycles. The predicted octanol–water partition coefficient (Wildman–Crippen LogP) is 2.34. The Kier molecular flexibility index (Phi) is 6.93. The van der Waals surface area contributed by atoms with Crippen LogP contribution in [0.5, 0.6) is 17.2 Å². The number of rotatable bonds is 6. The predicted molar refractivity (Wildman–Crippen MR) is 101 cm³/mol. The SMILES string of the molecule is COc1cc(NC(=S)NC[C@H]2CCCN(C)C2)cc(OC)c1OC. The topological polar surface area (TPSA) is 55.0 Å². The largest absolute Gasteiger partial charge is 0.493 e. The Morgan fingerprint density at radius 3 is 2.42 bits per heavy atom. The normalized spacial score (nSPS) is 17.9. The van der Waals surface area contributed by atoms with Gasteiger partial charge in [-0.1, -0.05) is 0 Å². The van der Waals surface area contributed by atoms with Gasteiger partial charge in [-0.25, -0.2) is 0 Å². The van der Waals surface area contributed by atoms with Crippen LogP contribution in [0.3, 0.4) is 0 Å². The number of nitrogens with one attached hydrogen (secondary N) is 2. The third-order valence-corrected chi connectivity index (χ3v) is 4.44. The van der Waals surface area contributed by atoms with E-state index in [1.54, 1.807) is 21.3 Å². The molecule has 1 aliphatic heterocycles. The molecule has 7 heteroatoms. The lowest BCUT2D eigenvalue weighted by molar-refractivity contribution is 0.211. The fourth-order valence-electron chi connectivity index (χ4n) is 3.01. The van der Waals surface area contributed by atoms with Gasteiger partial charge in [-0.15, -0.1) is 0 Å². The molecule has 0 radical (unpaired) electrons. The second-order valence-corrected chi connectivity index (χ2v) is 6.43. The molecule has 1 atom stereocenters. The van der Waals surface area contributed by atoms with Crippen LogP contribution in [0.25, 0.3) is 0 Å². The van der Waals surface area contributed by atoms with Crippen molar-refractivity contribution in [3.05, 3.63) is 12.1 Å². The van der Waals surface area contributed by atoms with Gasteiger partial charge >= 0.3 is 0 Å². The summed E-state index contributed by atoms with van der Waals surface area (Å²) in [6.07, 6.45) is 2.49. The fraction of sp³-hybridized carbons (Fsp3) is 0.588. The van der Waals surface area contributed by atoms with E-state index in [4.69, 9.17) is 26.4 Å². The molecule has 6 nitrogen and oxygen atoms in total. The van der Waals surface area contributed by atoms with Crippen LogP contribution in [0.1, 0.15) is 12.8 Å². The van der Waals surface area contributed by atoms with Crippen LogP contribution in [-0.4, -0.2) is 58.0 Å². The van der Waals surface area contributed by atoms with Crippen LogP contribution in [-0.2, 0) is 0 Å². The van der Waals surface area contributed by atoms with Crippen LogP contribution in [0.15, 0.2) is 12.1 Å². The maximum atomic E-state index is 5.41. The van der Waals surface area contributed by atoms with E-state index in [2.05, 4.69) is 22.6 Å². The molecule has 0 spiro atoms. The fourth-order valence-corrected chi connectivity index (χ4v) is 3.21. The molecule has 1 fully saturated rings. The summed E-state index contributed by atoms with van der Waals surface area (Å²) in [5, 5.41) is 7.09. The van der Waals surface area contributed by atoms with Gasteiger partial charge < -0.3 is 29.7 Å². The molecule has 134 valence electrons. The lowest BCUT2D eigenvalue weighted by atomic mass is 9.99. The number of likely N-dealkylation sites (tertiary alicyclic amines) is 1. The molecule has 1 heterocycles. The minimum absolute atomic E-state index is 0.565. The first-order valence-corrected chi connectivity index (χ1v) is 8.51. The molecule has 0 amide bonds. The highest BCUT2D eigenvalue weighted by Gasteiger charge is 2.17. The molecular weight excluding hydrogens is 326 g/mol. The average molecular weight is 353 g/mol. The van der Waals surface area contributed by atoms with Gasteiger partial charge in [-0.3, -0.25) is 0 Å². The first kappa shape index (κ1) is 18.6. The number of methoxy groups -OCH3 is 3. The van der Waals surface area contributed by atoms with E-state index in [0.29, 0.717) is 28.3 Å². The third-order valence-electron chi connectivity index (χ3n) is 4.20. The summed E-state index contributed by atoms with van der Waals surface area (Å²) < 4.78 is 16.0. The van der Waals surface area contributed by atoms with Crippen molar-refractivity contribution in [2.24, 2.45) is 5.92 Å². The van der Waals surface area contributed by atoms with E-state index < -0.39 is 0 Å². The monoisotopic (exact) mass is 353 g/mol. The van der Waals surface area contributed by atoms with Crippen molar-refractivity contribution < 1.29 is 14.2 Å². The lowest BCUT2D eigenvalue weighted by Gasteiger charge is -2.30. The molecule has 1 saturated heterocycles. The van der Waals surface area contributed by atoms with Crippen LogP contribution < -0.4 is 24.8 Å². The summed E-state index contributed by atoms with van der Waals surface area (Å²) >= 11 is 5.41. The molecule has 2 N–H and O–H groups in total. The zero-order valence-corrected chi connectivity index (χ0v) is 15.7. The van der Waals surface area contributed by atoms with Gasteiger partial charge in [0, 0.05) is 30.9 Å². The van der Waals surface area contributed by atoms with E-state index in [9.17, 15) is 0 Å². The minimum Gasteiger partial charge on any atom is -0.493 e. The standard InChI is InChI=1S/C17H27N3O3S/c1-20-7-5-6-12(11-20)10-18-17(24)19-13-8-14(21-2)16(23-4)15(9-13)22-3/h8-9,12H,5-7,10-11H2,1-4H3,(H2,18,19,24)/t12-/m1/s1. The summed E-state index contributed by atoms with van der Waals surface area (Å²) in [5.74, 6) is 2.38. The van der Waals surface area contributed by atoms with Gasteiger partial charge in [-0.05, 0) is 44.6 Å². The van der Waals surface area contributed by atoms with Crippen molar-refractivity contribution in [3.63, 3.8) is 0 Å². The Labute approximate surface area is 149 Å². The summed E-state index contributed by atoms with van der Waals surface area (Å²) in [4.78, 5) is 2.37. The summed E-state index contributed by atoms with van der Waals surface area (Å²) in [6.45, 7) is 3.17. The molecule has 1 aromatic carbocycles. The van der Waals surface area contributed by atoms with Crippen molar-refractivity contribution >= 4 is 23.0 Å². The summed E-state index contributed by atoms with van der Waals surface area (Å²) in [6, 6.07) is 3.67. The van der Waals surface area contributed by atoms with Crippen LogP contribution >= 0.6 is 12.2 Å². The van der Waals surface area contributed by atoms with Crippen molar-refractivity contribution in [2.45, 2.75) is 12.8 Å². The highest BCUT2D eigenvalue weighted by molar-refractivity contribution is 7.80. The van der Waals surface area contributed by atoms with Crippen molar-refractivity contribution in [1.29, 1.82) is 0 Å². The van der Waals surface area contributed by atoms with Gasteiger partial charge in [0.25, 0.3) is 0 Å². The van der Waals surface area contributed by atoms with Crippen molar-refractivity contribution in [3.8, 4) is 17.2 Å². The average Bonchev–Trinajstić information content (AvgIpc) is 2.59. The Bertz CT molecular complexity index is 543. The number of nitrogens with zero attached hydrogens (tertiary/aromatic N) is 1. The van der Waals surface area contributed by atoms with E-state index in [-0.39, 0.29) is 0 Å². The number of hydrogen-bond acceptors (Lipinski definition) is 5. The second-order valence-electron chi connectivity index (χ2n) is 6.02. The van der Waals surface area contributed by atoms with Gasteiger partial charge in [-0.2, -0.15) is 0 Å². The third kappa shape index (κ3) is 4.88. The number of thiocarbonyl (C=S) groups is 1. The maximum absolute atomic E-state index is 5.41. The van der Waals surface area contributed by atoms with Crippen LogP contribution in [0.4, 0.5) is 5.69 Å². The molecule has 1 aromatic rings. The zero-order valence-electron chi connectivity index (χ0n) is 14.8. The van der Waals surface area contributed by atoms with Crippen molar-refractivity contribution in [2.75, 3.05) is 53.3 Å². The molecule has 0 saturated carbocycles. The first-order chi connectivity index (χ1) is 11.6. The molecule has 1 aliphatic rings. The van der Waals surface area contributed by atoms with Gasteiger partial charge in [0.05, 0.1) is 21.3 Å². The first-order valence-electron chi connectivity index (χ1n) is 8.10. The molecule has 0 unspecified atom stereocenters. The number of anilines is 1. The van der Waals surface area contributed by atoms with Gasteiger partial charge in [0.1, 0.15) is 0 Å². The Balaban J connectivity index is 1.95. The lowest BCUT2D eigenvalue weighted by Crippen LogP contribution is -2.40. The smallest absolute Gasteiger partial charge is 0.203 e. The highest BCUT2D eigenvalue weighted by atomic mass is 32.1. The molecule has 2 rings (SSSR count). The minimum atomic E-state index is 0.565. The van der Waals surface area contributed by atoms with Crippen molar-refractivity contribution in [1.82, 2.24) is 10.2 Å². The zero-order chi connectivity index (χ0) is 17.5. The molecular formula is C17H27N3O3S. The number of hydrogen-bond donors (Lipinski definition) is 2. The summed E-state index contributed by atoms with van der Waals surface area (Å²) in [7, 11) is 6.94. The molecule has 24 heavy (non-hydrogen) atoms. The van der Waals surface area contributed by atoms with Gasteiger partial charge in [0.2, 0.25) is 5.75 Å². The highest BCUT2D eigenvalue weighted by Crippen LogP contribution is 2.39. The Morgan fingerprint density at radius 1 is 1.21 bits per heavy atom. The van der Waals surface area contributed by atoms with Gasteiger partial charge in [0.15, 0.2) is 16.6 Å². The molecule has 0 aliphatic carbocycles. The van der Waals surface area contributed by atoms with E-state index in [1.165, 1.54) is 19.4 Å². The number of piperidine rings is 1. The second kappa shape index (κ2) is 8.94. The number of benzene rings is 1. The van der Waals surface area contributed by atoms with Crippen LogP contribution in [0.2, 0.25) is 0 Å². The quantitative estimate of drug-likeness (QED) is 0.761.